The van der Waals surface area contributed by atoms with Gasteiger partial charge in [-0.15, -0.1) is 0 Å². The number of hydrogen-bond acceptors (Lipinski definition) is 11. The molecule has 12 N–H and O–H groups in total. The average Bonchev–Trinajstić information content (AvgIpc) is 3.68. The summed E-state index contributed by atoms with van der Waals surface area (Å²) >= 11 is 1.48. The first-order chi connectivity index (χ1) is 27.4. The van der Waals surface area contributed by atoms with E-state index in [9.17, 15) is 38.4 Å². The highest BCUT2D eigenvalue weighted by Crippen LogP contribution is 2.10. The van der Waals surface area contributed by atoms with Crippen molar-refractivity contribution in [2.75, 3.05) is 18.6 Å². The summed E-state index contributed by atoms with van der Waals surface area (Å²) in [5.74, 6) is -6.10. The van der Waals surface area contributed by atoms with Crippen LogP contribution in [-0.4, -0.2) is 117 Å². The Balaban J connectivity index is 2.18. The third-order valence-corrected chi connectivity index (χ3v) is 9.48. The molecule has 0 aliphatic rings. The van der Waals surface area contributed by atoms with Gasteiger partial charge in [0.1, 0.15) is 30.2 Å². The predicted molar refractivity (Wildman–Crippen MR) is 216 cm³/mol. The Labute approximate surface area is 342 Å². The lowest BCUT2D eigenvalue weighted by molar-refractivity contribution is -0.137. The van der Waals surface area contributed by atoms with Crippen LogP contribution in [0.4, 0.5) is 0 Å². The molecule has 1 aromatic carbocycles. The summed E-state index contributed by atoms with van der Waals surface area (Å²) in [6.07, 6.45) is 4.67. The van der Waals surface area contributed by atoms with Gasteiger partial charge in [0.15, 0.2) is 0 Å². The Morgan fingerprint density at radius 3 is 1.95 bits per heavy atom. The Hall–Kier alpha value is -5.50. The van der Waals surface area contributed by atoms with E-state index in [0.29, 0.717) is 23.4 Å². The van der Waals surface area contributed by atoms with Crippen LogP contribution in [0.5, 0.6) is 0 Å². The van der Waals surface area contributed by atoms with Gasteiger partial charge >= 0.3 is 5.97 Å². The number of hydrogen-bond donors (Lipinski definition) is 10. The van der Waals surface area contributed by atoms with Crippen molar-refractivity contribution in [2.45, 2.75) is 102 Å². The number of carbonyl (C=O) groups excluding carboxylic acids is 7. The maximum absolute atomic E-state index is 13.7. The number of nitrogens with two attached hydrogens (primary N) is 2. The van der Waals surface area contributed by atoms with Crippen molar-refractivity contribution < 1.29 is 43.5 Å². The molecule has 0 fully saturated rings. The third-order valence-electron chi connectivity index (χ3n) is 8.83. The Morgan fingerprint density at radius 1 is 0.776 bits per heavy atom. The summed E-state index contributed by atoms with van der Waals surface area (Å²) in [5, 5.41) is 24.6. The van der Waals surface area contributed by atoms with Crippen molar-refractivity contribution in [2.24, 2.45) is 23.3 Å². The molecule has 1 heterocycles. The summed E-state index contributed by atoms with van der Waals surface area (Å²) < 4.78 is 0. The van der Waals surface area contributed by atoms with Gasteiger partial charge < -0.3 is 53.5 Å². The monoisotopic (exact) mass is 830 g/mol. The number of aromatic amines is 1. The largest absolute Gasteiger partial charge is 0.481 e. The number of nitrogens with zero attached hydrogens (tertiary/aromatic N) is 1. The number of aromatic nitrogens is 2. The molecule has 0 spiro atoms. The quantitative estimate of drug-likeness (QED) is 0.0539. The van der Waals surface area contributed by atoms with Crippen molar-refractivity contribution in [3.8, 4) is 0 Å². The van der Waals surface area contributed by atoms with Crippen molar-refractivity contribution >= 4 is 59.1 Å². The van der Waals surface area contributed by atoms with E-state index in [4.69, 9.17) is 16.6 Å². The molecule has 0 saturated carbocycles. The van der Waals surface area contributed by atoms with E-state index < -0.39 is 96.0 Å². The molecule has 1 aromatic heterocycles. The van der Waals surface area contributed by atoms with Gasteiger partial charge in [-0.25, -0.2) is 4.98 Å². The first-order valence-corrected chi connectivity index (χ1v) is 20.4. The van der Waals surface area contributed by atoms with Crippen LogP contribution < -0.4 is 43.4 Å². The minimum absolute atomic E-state index is 0.0299. The molecule has 6 atom stereocenters. The van der Waals surface area contributed by atoms with Gasteiger partial charge in [-0.2, -0.15) is 11.8 Å². The molecule has 320 valence electrons. The normalized spacial score (nSPS) is 14.2. The second kappa shape index (κ2) is 25.0. The molecule has 7 amide bonds. The Bertz CT molecular complexity index is 1680. The van der Waals surface area contributed by atoms with Gasteiger partial charge in [0.05, 0.1) is 18.9 Å². The minimum atomic E-state index is -1.24. The maximum atomic E-state index is 13.7. The lowest BCUT2D eigenvalue weighted by Gasteiger charge is -2.27. The van der Waals surface area contributed by atoms with Gasteiger partial charge in [-0.05, 0) is 48.7 Å². The smallest absolute Gasteiger partial charge is 0.303 e. The fraction of sp³-hybridized carbons (Fsp3) is 0.553. The number of imidazole rings is 1. The molecule has 0 radical (unpaired) electrons. The molecule has 58 heavy (non-hydrogen) atoms. The van der Waals surface area contributed by atoms with Crippen molar-refractivity contribution in [3.05, 3.63) is 54.1 Å². The first kappa shape index (κ1) is 48.6. The van der Waals surface area contributed by atoms with Crippen molar-refractivity contribution in [3.63, 3.8) is 0 Å². The predicted octanol–water partition coefficient (Wildman–Crippen LogP) is -1.13. The van der Waals surface area contributed by atoms with Crippen LogP contribution in [0, 0.1) is 11.8 Å². The Morgan fingerprint density at radius 2 is 1.38 bits per heavy atom. The molecule has 2 rings (SSSR count). The zero-order chi connectivity index (χ0) is 43.4. The summed E-state index contributed by atoms with van der Waals surface area (Å²) in [7, 11) is 0. The van der Waals surface area contributed by atoms with Crippen LogP contribution >= 0.6 is 11.8 Å². The van der Waals surface area contributed by atoms with Gasteiger partial charge in [-0.3, -0.25) is 38.4 Å². The number of aliphatic carboxylic acids is 1. The van der Waals surface area contributed by atoms with E-state index in [2.05, 4.69) is 41.9 Å². The number of nitrogens with one attached hydrogen (secondary N) is 7. The zero-order valence-corrected chi connectivity index (χ0v) is 34.4. The summed E-state index contributed by atoms with van der Waals surface area (Å²) in [5.41, 5.74) is 12.6. The van der Waals surface area contributed by atoms with Gasteiger partial charge in [-0.1, -0.05) is 58.0 Å². The van der Waals surface area contributed by atoms with Gasteiger partial charge in [0.2, 0.25) is 41.4 Å². The fourth-order valence-corrected chi connectivity index (χ4v) is 6.13. The SMILES string of the molecule is CSCC[C@H](NC(=O)[C@H](CC(C)C)NC(=O)[C@H](Cc1cnc[nH]1)NC(=O)CNC(=O)[C@@H](NC(=O)[C@H](Cc1ccccc1)NC(=O)[C@@H](N)CCC(=O)O)C(C)C)C(N)=O. The van der Waals surface area contributed by atoms with Crippen LogP contribution in [0.1, 0.15) is 64.6 Å². The number of primary amides is 1. The van der Waals surface area contributed by atoms with Gasteiger partial charge in [0, 0.05) is 31.2 Å². The first-order valence-electron chi connectivity index (χ1n) is 19.0. The molecule has 20 heteroatoms. The second-order valence-corrected chi connectivity index (χ2v) is 15.6. The van der Waals surface area contributed by atoms with Crippen molar-refractivity contribution in [1.82, 2.24) is 41.9 Å². The van der Waals surface area contributed by atoms with Crippen LogP contribution in [-0.2, 0) is 51.2 Å². The second-order valence-electron chi connectivity index (χ2n) is 14.6. The lowest BCUT2D eigenvalue weighted by Crippen LogP contribution is -2.59. The number of carbonyl (C=O) groups is 8. The standard InChI is InChI=1S/C38H58N10O9S/c1-21(2)15-27(35(54)45-26(33(40)52)13-14-58-5)47-36(55)29(17-24-18-41-20-43-24)44-30(49)19-42-38(57)32(22(3)4)48-37(56)28(16-23-9-7-6-8-10-23)46-34(53)25(39)11-12-31(50)51/h6-10,18,20-22,25-29,32H,11-17,19,39H2,1-5H3,(H2,40,52)(H,41,43)(H,42,57)(H,44,49)(H,45,54)(H,46,53)(H,47,55)(H,48,56)(H,50,51)/t25-,26-,27-,28-,29-,32-/m0/s1. The highest BCUT2D eigenvalue weighted by Gasteiger charge is 2.32. The van der Waals surface area contributed by atoms with Gasteiger partial charge in [0.25, 0.3) is 0 Å². The van der Waals surface area contributed by atoms with Crippen molar-refractivity contribution in [1.29, 1.82) is 0 Å². The molecule has 0 saturated heterocycles. The molecule has 2 aromatic rings. The van der Waals surface area contributed by atoms with E-state index in [0.717, 1.165) is 0 Å². The van der Waals surface area contributed by atoms with Crippen LogP contribution in [0.15, 0.2) is 42.9 Å². The highest BCUT2D eigenvalue weighted by atomic mass is 32.2. The number of amides is 7. The fourth-order valence-electron chi connectivity index (χ4n) is 5.65. The topological polar surface area (TPSA) is 310 Å². The average molecular weight is 831 g/mol. The van der Waals surface area contributed by atoms with Crippen LogP contribution in [0.3, 0.4) is 0 Å². The molecule has 0 aliphatic carbocycles. The van der Waals surface area contributed by atoms with E-state index in [1.165, 1.54) is 24.3 Å². The summed E-state index contributed by atoms with van der Waals surface area (Å²) in [6, 6.07) is 1.95. The van der Waals surface area contributed by atoms with E-state index in [1.54, 1.807) is 44.2 Å². The number of carboxylic acids is 1. The number of carboxylic acid groups (broad SMARTS) is 1. The van der Waals surface area contributed by atoms with E-state index in [1.807, 2.05) is 20.1 Å². The molecule has 0 bridgehead atoms. The third kappa shape index (κ3) is 17.7. The number of H-pyrrole nitrogens is 1. The summed E-state index contributed by atoms with van der Waals surface area (Å²) in [4.78, 5) is 110. The lowest BCUT2D eigenvalue weighted by atomic mass is 10.0. The van der Waals surface area contributed by atoms with E-state index >= 15 is 0 Å². The summed E-state index contributed by atoms with van der Waals surface area (Å²) in [6.45, 7) is 6.44. The van der Waals surface area contributed by atoms with E-state index in [-0.39, 0.29) is 38.0 Å². The van der Waals surface area contributed by atoms with Crippen LogP contribution in [0.25, 0.3) is 0 Å². The molecule has 0 aliphatic heterocycles. The van der Waals surface area contributed by atoms with Crippen LogP contribution in [0.2, 0.25) is 0 Å². The maximum Gasteiger partial charge on any atom is 0.303 e. The highest BCUT2D eigenvalue weighted by molar-refractivity contribution is 7.98. The molecule has 0 unspecified atom stereocenters. The number of benzene rings is 1. The zero-order valence-electron chi connectivity index (χ0n) is 33.5. The molecular formula is C38H58N10O9S. The number of rotatable bonds is 26. The number of thioether (sulfide) groups is 1. The molecular weight excluding hydrogens is 773 g/mol. The Kier molecular flexibility index (Phi) is 21.0. The minimum Gasteiger partial charge on any atom is -0.481 e. The molecule has 19 nitrogen and oxygen atoms in total.